The van der Waals surface area contributed by atoms with Gasteiger partial charge in [0.2, 0.25) is 0 Å². The first kappa shape index (κ1) is 26.2. The zero-order valence-corrected chi connectivity index (χ0v) is 21.5. The van der Waals surface area contributed by atoms with Gasteiger partial charge >= 0.3 is 0 Å². The van der Waals surface area contributed by atoms with E-state index in [4.69, 9.17) is 4.74 Å². The molecule has 2 aromatic rings. The van der Waals surface area contributed by atoms with Crippen molar-refractivity contribution in [1.82, 2.24) is 5.32 Å². The maximum atomic E-state index is 10.4. The van der Waals surface area contributed by atoms with Gasteiger partial charge in [-0.05, 0) is 41.0 Å². The van der Waals surface area contributed by atoms with Crippen LogP contribution in [0.3, 0.4) is 0 Å². The van der Waals surface area contributed by atoms with Crippen molar-refractivity contribution in [3.8, 4) is 5.75 Å². The lowest BCUT2D eigenvalue weighted by Gasteiger charge is -2.31. The van der Waals surface area contributed by atoms with Crippen LogP contribution in [0.2, 0.25) is 0 Å². The van der Waals surface area contributed by atoms with Crippen LogP contribution in [-0.4, -0.2) is 30.4 Å². The predicted octanol–water partition coefficient (Wildman–Crippen LogP) is 6.50. The fourth-order valence-electron chi connectivity index (χ4n) is 3.50. The van der Waals surface area contributed by atoms with E-state index in [1.807, 2.05) is 0 Å². The monoisotopic (exact) mass is 437 g/mol. The van der Waals surface area contributed by atoms with E-state index in [2.05, 4.69) is 116 Å². The van der Waals surface area contributed by atoms with E-state index in [0.29, 0.717) is 12.6 Å². The molecule has 1 unspecified atom stereocenters. The molecule has 0 saturated heterocycles. The number of rotatable bonds is 8. The van der Waals surface area contributed by atoms with Crippen LogP contribution in [0.25, 0.3) is 12.2 Å². The normalized spacial score (nSPS) is 13.7. The Hall–Kier alpha value is -2.10. The maximum Gasteiger partial charge on any atom is 0.126 e. The summed E-state index contributed by atoms with van der Waals surface area (Å²) in [7, 11) is 0. The van der Waals surface area contributed by atoms with Crippen LogP contribution in [0, 0.1) is 6.92 Å². The summed E-state index contributed by atoms with van der Waals surface area (Å²) in [4.78, 5) is 0. The topological polar surface area (TPSA) is 41.5 Å². The highest BCUT2D eigenvalue weighted by atomic mass is 16.5. The molecule has 0 bridgehead atoms. The molecule has 176 valence electrons. The van der Waals surface area contributed by atoms with Crippen LogP contribution < -0.4 is 10.1 Å². The Balaban J connectivity index is 2.44. The minimum Gasteiger partial charge on any atom is -0.490 e. The third-order valence-electron chi connectivity index (χ3n) is 5.45. The molecule has 0 aliphatic heterocycles. The van der Waals surface area contributed by atoms with Crippen LogP contribution in [0.5, 0.6) is 5.75 Å². The number of aliphatic hydroxyl groups excluding tert-OH is 1. The van der Waals surface area contributed by atoms with E-state index < -0.39 is 6.10 Å². The van der Waals surface area contributed by atoms with Crippen LogP contribution in [-0.2, 0) is 10.8 Å². The third-order valence-corrected chi connectivity index (χ3v) is 5.45. The molecular formula is C29H43NO2. The van der Waals surface area contributed by atoms with Gasteiger partial charge in [-0.25, -0.2) is 0 Å². The zero-order valence-electron chi connectivity index (χ0n) is 21.5. The summed E-state index contributed by atoms with van der Waals surface area (Å²) in [5.74, 6) is 0.904. The largest absolute Gasteiger partial charge is 0.490 e. The first-order valence-electron chi connectivity index (χ1n) is 11.8. The Labute approximate surface area is 195 Å². The van der Waals surface area contributed by atoms with E-state index >= 15 is 0 Å². The lowest BCUT2D eigenvalue weighted by atomic mass is 9.78. The number of benzene rings is 2. The molecule has 32 heavy (non-hydrogen) atoms. The number of hydrogen-bond acceptors (Lipinski definition) is 3. The summed E-state index contributed by atoms with van der Waals surface area (Å²) in [6, 6.07) is 13.4. The molecule has 0 amide bonds. The van der Waals surface area contributed by atoms with Crippen LogP contribution in [0.4, 0.5) is 0 Å². The number of aliphatic hydroxyl groups is 1. The molecule has 0 heterocycles. The molecular weight excluding hydrogens is 394 g/mol. The summed E-state index contributed by atoms with van der Waals surface area (Å²) in [6.07, 6.45) is 3.79. The van der Waals surface area contributed by atoms with E-state index in [-0.39, 0.29) is 17.4 Å². The van der Waals surface area contributed by atoms with E-state index in [1.165, 1.54) is 11.1 Å². The molecule has 0 radical (unpaired) electrons. The van der Waals surface area contributed by atoms with E-state index in [0.717, 1.165) is 22.4 Å². The Kier molecular flexibility index (Phi) is 8.73. The summed E-state index contributed by atoms with van der Waals surface area (Å²) in [5.41, 5.74) is 5.75. The zero-order chi connectivity index (χ0) is 24.1. The second-order valence-corrected chi connectivity index (χ2v) is 11.2. The molecule has 2 aromatic carbocycles. The summed E-state index contributed by atoms with van der Waals surface area (Å²) in [6.45, 7) is 20.3. The summed E-state index contributed by atoms with van der Waals surface area (Å²) in [5, 5.41) is 13.7. The van der Waals surface area contributed by atoms with Crippen molar-refractivity contribution in [3.63, 3.8) is 0 Å². The lowest BCUT2D eigenvalue weighted by molar-refractivity contribution is 0.102. The minimum atomic E-state index is -0.556. The van der Waals surface area contributed by atoms with Crippen molar-refractivity contribution in [2.45, 2.75) is 85.3 Å². The third kappa shape index (κ3) is 7.79. The Morgan fingerprint density at radius 1 is 0.875 bits per heavy atom. The van der Waals surface area contributed by atoms with Crippen LogP contribution in [0.1, 0.15) is 83.2 Å². The van der Waals surface area contributed by atoms with Crippen molar-refractivity contribution in [1.29, 1.82) is 0 Å². The number of nitrogens with one attached hydrogen (secondary N) is 1. The van der Waals surface area contributed by atoms with E-state index in [9.17, 15) is 5.11 Å². The maximum absolute atomic E-state index is 10.4. The van der Waals surface area contributed by atoms with Gasteiger partial charge in [0.05, 0.1) is 0 Å². The molecule has 3 heteroatoms. The van der Waals surface area contributed by atoms with Gasteiger partial charge in [-0.1, -0.05) is 97.4 Å². The number of aryl methyl sites for hydroxylation is 1. The quantitative estimate of drug-likeness (QED) is 0.463. The fraction of sp³-hybridized carbons (Fsp3) is 0.517. The van der Waals surface area contributed by atoms with Gasteiger partial charge in [-0.3, -0.25) is 0 Å². The standard InChI is InChI=1S/C29H43NO2/c1-20(2)30-18-24(31)19-32-27-25(28(4,5)6)16-23(17-26(27)29(7,8)9)15-14-22-12-10-21(3)11-13-22/h10-17,20,24,30-31H,18-19H2,1-9H3/b15-14+. The first-order valence-corrected chi connectivity index (χ1v) is 11.8. The van der Waals surface area contributed by atoms with E-state index in [1.54, 1.807) is 0 Å². The number of hydrogen-bond donors (Lipinski definition) is 2. The molecule has 0 fully saturated rings. The van der Waals surface area contributed by atoms with Gasteiger partial charge in [0.1, 0.15) is 18.5 Å². The van der Waals surface area contributed by atoms with Gasteiger partial charge in [0.15, 0.2) is 0 Å². The van der Waals surface area contributed by atoms with Gasteiger partial charge in [-0.2, -0.15) is 0 Å². The highest BCUT2D eigenvalue weighted by Gasteiger charge is 2.28. The summed E-state index contributed by atoms with van der Waals surface area (Å²) >= 11 is 0. The molecule has 0 aromatic heterocycles. The van der Waals surface area contributed by atoms with Crippen LogP contribution in [0.15, 0.2) is 36.4 Å². The molecule has 0 aliphatic carbocycles. The summed E-state index contributed by atoms with van der Waals surface area (Å²) < 4.78 is 6.33. The second kappa shape index (κ2) is 10.7. The molecule has 0 aliphatic rings. The van der Waals surface area contributed by atoms with Crippen molar-refractivity contribution in [2.75, 3.05) is 13.2 Å². The fourth-order valence-corrected chi connectivity index (χ4v) is 3.50. The highest BCUT2D eigenvalue weighted by Crippen LogP contribution is 2.41. The SMILES string of the molecule is Cc1ccc(/C=C/c2cc(C(C)(C)C)c(OCC(O)CNC(C)C)c(C(C)(C)C)c2)cc1. The Morgan fingerprint density at radius 3 is 1.84 bits per heavy atom. The van der Waals surface area contributed by atoms with Crippen molar-refractivity contribution >= 4 is 12.2 Å². The Bertz CT molecular complexity index is 861. The second-order valence-electron chi connectivity index (χ2n) is 11.2. The molecule has 0 spiro atoms. The average molecular weight is 438 g/mol. The van der Waals surface area contributed by atoms with Crippen molar-refractivity contribution in [3.05, 3.63) is 64.2 Å². The molecule has 1 atom stereocenters. The lowest BCUT2D eigenvalue weighted by Crippen LogP contribution is -2.35. The van der Waals surface area contributed by atoms with Gasteiger partial charge in [-0.15, -0.1) is 0 Å². The van der Waals surface area contributed by atoms with Gasteiger partial charge in [0.25, 0.3) is 0 Å². The number of ether oxygens (including phenoxy) is 1. The molecule has 0 saturated carbocycles. The van der Waals surface area contributed by atoms with Gasteiger partial charge in [0, 0.05) is 23.7 Å². The minimum absolute atomic E-state index is 0.0931. The van der Waals surface area contributed by atoms with Crippen molar-refractivity contribution < 1.29 is 9.84 Å². The average Bonchev–Trinajstić information content (AvgIpc) is 2.68. The smallest absolute Gasteiger partial charge is 0.126 e. The van der Waals surface area contributed by atoms with Gasteiger partial charge < -0.3 is 15.2 Å². The molecule has 2 N–H and O–H groups in total. The molecule has 2 rings (SSSR count). The highest BCUT2D eigenvalue weighted by molar-refractivity contribution is 5.72. The Morgan fingerprint density at radius 2 is 1.38 bits per heavy atom. The molecule has 3 nitrogen and oxygen atoms in total. The first-order chi connectivity index (χ1) is 14.8. The van der Waals surface area contributed by atoms with Crippen LogP contribution >= 0.6 is 0 Å². The van der Waals surface area contributed by atoms with Crippen molar-refractivity contribution in [2.24, 2.45) is 0 Å². The predicted molar refractivity (Wildman–Crippen MR) is 139 cm³/mol.